The highest BCUT2D eigenvalue weighted by Crippen LogP contribution is 2.39. The summed E-state index contributed by atoms with van der Waals surface area (Å²) in [6, 6.07) is 6.61. The standard InChI is InChI=1S/C25H29ClFN5O4/c1-13-16-10-32(24(33)36-25(3,4)5)11-17(14(2)34-13)21(16)35-23-20(27)22(29-12-30-23)31-19-7-6-15(9-28)8-18(19)26/h6-8,12-14,16-17,21H,10-11H2,1-5H3,(H,29,30,31). The number of anilines is 2. The highest BCUT2D eigenvalue weighted by Gasteiger charge is 2.50. The van der Waals surface area contributed by atoms with E-state index in [4.69, 9.17) is 31.1 Å². The van der Waals surface area contributed by atoms with Crippen LogP contribution in [0, 0.1) is 29.0 Å². The zero-order valence-electron chi connectivity index (χ0n) is 20.8. The van der Waals surface area contributed by atoms with Gasteiger partial charge >= 0.3 is 6.09 Å². The molecule has 2 bridgehead atoms. The van der Waals surface area contributed by atoms with Gasteiger partial charge in [-0.3, -0.25) is 0 Å². The molecule has 2 aliphatic rings. The van der Waals surface area contributed by atoms with E-state index in [2.05, 4.69) is 15.3 Å². The van der Waals surface area contributed by atoms with Crippen LogP contribution in [0.1, 0.15) is 40.2 Å². The van der Waals surface area contributed by atoms with Crippen molar-refractivity contribution in [2.24, 2.45) is 11.8 Å². The van der Waals surface area contributed by atoms with Gasteiger partial charge in [-0.15, -0.1) is 0 Å². The topological polar surface area (TPSA) is 110 Å². The Morgan fingerprint density at radius 1 is 1.25 bits per heavy atom. The zero-order valence-corrected chi connectivity index (χ0v) is 21.5. The number of benzene rings is 1. The lowest BCUT2D eigenvalue weighted by atomic mass is 9.77. The summed E-state index contributed by atoms with van der Waals surface area (Å²) < 4.78 is 33.2. The van der Waals surface area contributed by atoms with Gasteiger partial charge in [-0.25, -0.2) is 9.78 Å². The van der Waals surface area contributed by atoms with Gasteiger partial charge in [0.05, 0.1) is 34.6 Å². The van der Waals surface area contributed by atoms with Crippen molar-refractivity contribution in [3.63, 3.8) is 0 Å². The van der Waals surface area contributed by atoms with E-state index in [1.807, 2.05) is 40.7 Å². The Kier molecular flexibility index (Phi) is 7.25. The minimum absolute atomic E-state index is 0.111. The molecule has 0 saturated carbocycles. The minimum Gasteiger partial charge on any atom is -0.471 e. The molecule has 4 atom stereocenters. The summed E-state index contributed by atoms with van der Waals surface area (Å²) in [6.45, 7) is 10.0. The van der Waals surface area contributed by atoms with Gasteiger partial charge in [0.15, 0.2) is 5.82 Å². The van der Waals surface area contributed by atoms with Crippen LogP contribution >= 0.6 is 11.6 Å². The summed E-state index contributed by atoms with van der Waals surface area (Å²) in [7, 11) is 0. The third kappa shape index (κ3) is 5.47. The molecule has 0 aliphatic carbocycles. The van der Waals surface area contributed by atoms with E-state index >= 15 is 4.39 Å². The molecule has 0 spiro atoms. The summed E-state index contributed by atoms with van der Waals surface area (Å²) in [5, 5.41) is 12.1. The molecule has 0 radical (unpaired) electrons. The van der Waals surface area contributed by atoms with Crippen LogP contribution in [0.15, 0.2) is 24.5 Å². The second kappa shape index (κ2) is 10.1. The van der Waals surface area contributed by atoms with Crippen LogP contribution in [-0.2, 0) is 9.47 Å². The summed E-state index contributed by atoms with van der Waals surface area (Å²) in [4.78, 5) is 22.5. The van der Waals surface area contributed by atoms with Gasteiger partial charge in [-0.1, -0.05) is 11.6 Å². The highest BCUT2D eigenvalue weighted by atomic mass is 35.5. The average Bonchev–Trinajstić information content (AvgIpc) is 2.80. The number of amides is 1. The van der Waals surface area contributed by atoms with E-state index in [0.717, 1.165) is 0 Å². The molecule has 2 aromatic rings. The summed E-state index contributed by atoms with van der Waals surface area (Å²) in [6.07, 6.45) is -0.0833. The molecule has 9 nitrogen and oxygen atoms in total. The maximum Gasteiger partial charge on any atom is 0.410 e. The largest absolute Gasteiger partial charge is 0.471 e. The van der Waals surface area contributed by atoms with Crippen molar-refractivity contribution in [2.45, 2.75) is 58.5 Å². The molecule has 2 fully saturated rings. The van der Waals surface area contributed by atoms with Gasteiger partial charge in [0.25, 0.3) is 5.88 Å². The number of likely N-dealkylation sites (tertiary alicyclic amines) is 1. The number of hydrogen-bond acceptors (Lipinski definition) is 8. The first kappa shape index (κ1) is 25.9. The van der Waals surface area contributed by atoms with Crippen LogP contribution in [-0.4, -0.2) is 58.0 Å². The average molecular weight is 518 g/mol. The molecule has 11 heteroatoms. The van der Waals surface area contributed by atoms with Crippen LogP contribution < -0.4 is 10.1 Å². The van der Waals surface area contributed by atoms with Crippen molar-refractivity contribution in [3.8, 4) is 11.9 Å². The van der Waals surface area contributed by atoms with Gasteiger partial charge in [-0.2, -0.15) is 14.6 Å². The Hall–Kier alpha value is -3.16. The quantitative estimate of drug-likeness (QED) is 0.608. The Labute approximate surface area is 214 Å². The fraction of sp³-hybridized carbons (Fsp3) is 0.520. The maximum atomic E-state index is 15.4. The number of nitriles is 1. The number of carbonyl (C=O) groups is 1. The third-order valence-electron chi connectivity index (χ3n) is 6.35. The monoisotopic (exact) mass is 517 g/mol. The number of rotatable bonds is 4. The normalized spacial score (nSPS) is 25.6. The molecule has 192 valence electrons. The molecule has 1 aromatic heterocycles. The summed E-state index contributed by atoms with van der Waals surface area (Å²) in [5.41, 5.74) is 0.156. The molecule has 1 aromatic carbocycles. The number of piperidine rings is 1. The second-order valence-corrected chi connectivity index (χ2v) is 10.5. The van der Waals surface area contributed by atoms with Crippen molar-refractivity contribution < 1.29 is 23.4 Å². The fourth-order valence-electron chi connectivity index (χ4n) is 4.60. The predicted molar refractivity (Wildman–Crippen MR) is 131 cm³/mol. The Morgan fingerprint density at radius 3 is 2.50 bits per heavy atom. The van der Waals surface area contributed by atoms with Gasteiger partial charge in [-0.05, 0) is 52.8 Å². The number of aromatic nitrogens is 2. The first-order chi connectivity index (χ1) is 17.0. The molecular formula is C25H29ClFN5O4. The minimum atomic E-state index is -0.771. The van der Waals surface area contributed by atoms with Gasteiger partial charge in [0, 0.05) is 24.9 Å². The first-order valence-corrected chi connectivity index (χ1v) is 12.1. The van der Waals surface area contributed by atoms with Crippen LogP contribution in [0.5, 0.6) is 5.88 Å². The van der Waals surface area contributed by atoms with E-state index in [1.165, 1.54) is 12.4 Å². The Bertz CT molecular complexity index is 1170. The van der Waals surface area contributed by atoms with Gasteiger partial charge in [0.2, 0.25) is 5.82 Å². The van der Waals surface area contributed by atoms with E-state index in [0.29, 0.717) is 24.3 Å². The smallest absolute Gasteiger partial charge is 0.410 e. The number of carbonyl (C=O) groups excluding carboxylic acids is 1. The second-order valence-electron chi connectivity index (χ2n) is 10.1. The first-order valence-electron chi connectivity index (χ1n) is 11.7. The molecule has 1 N–H and O–H groups in total. The number of halogens is 2. The number of hydrogen-bond donors (Lipinski definition) is 1. The third-order valence-corrected chi connectivity index (χ3v) is 6.66. The van der Waals surface area contributed by atoms with E-state index in [1.54, 1.807) is 17.0 Å². The number of nitrogens with one attached hydrogen (secondary N) is 1. The number of ether oxygens (including phenoxy) is 3. The number of nitrogens with zero attached hydrogens (tertiary/aromatic N) is 4. The lowest BCUT2D eigenvalue weighted by molar-refractivity contribution is -0.182. The molecule has 4 rings (SSSR count). The van der Waals surface area contributed by atoms with E-state index in [-0.39, 0.29) is 40.8 Å². The fourth-order valence-corrected chi connectivity index (χ4v) is 4.82. The molecule has 2 saturated heterocycles. The van der Waals surface area contributed by atoms with Gasteiger partial charge in [0.1, 0.15) is 18.0 Å². The molecule has 4 unspecified atom stereocenters. The van der Waals surface area contributed by atoms with E-state index < -0.39 is 23.6 Å². The van der Waals surface area contributed by atoms with Crippen LogP contribution in [0.2, 0.25) is 5.02 Å². The summed E-state index contributed by atoms with van der Waals surface area (Å²) in [5.74, 6) is -1.52. The highest BCUT2D eigenvalue weighted by molar-refractivity contribution is 6.33. The zero-order chi connectivity index (χ0) is 26.2. The van der Waals surface area contributed by atoms with Crippen molar-refractivity contribution in [3.05, 3.63) is 40.9 Å². The maximum absolute atomic E-state index is 15.4. The predicted octanol–water partition coefficient (Wildman–Crippen LogP) is 4.92. The van der Waals surface area contributed by atoms with Crippen LogP contribution in [0.3, 0.4) is 0 Å². The molecular weight excluding hydrogens is 489 g/mol. The SMILES string of the molecule is CC1OC(C)C2CN(C(=O)OC(C)(C)C)CC1C2Oc1ncnc(Nc2ccc(C#N)cc2Cl)c1F. The van der Waals surface area contributed by atoms with E-state index in [9.17, 15) is 4.79 Å². The summed E-state index contributed by atoms with van der Waals surface area (Å²) >= 11 is 6.21. The van der Waals surface area contributed by atoms with Gasteiger partial charge < -0.3 is 24.4 Å². The van der Waals surface area contributed by atoms with Crippen LogP contribution in [0.25, 0.3) is 0 Å². The van der Waals surface area contributed by atoms with Crippen molar-refractivity contribution in [2.75, 3.05) is 18.4 Å². The van der Waals surface area contributed by atoms with Crippen molar-refractivity contribution in [1.82, 2.24) is 14.9 Å². The molecule has 2 aliphatic heterocycles. The Balaban J connectivity index is 1.55. The van der Waals surface area contributed by atoms with Crippen LogP contribution in [0.4, 0.5) is 20.7 Å². The molecule has 36 heavy (non-hydrogen) atoms. The lowest BCUT2D eigenvalue weighted by Crippen LogP contribution is -2.63. The molecule has 3 heterocycles. The lowest BCUT2D eigenvalue weighted by Gasteiger charge is -2.51. The Morgan fingerprint density at radius 2 is 1.92 bits per heavy atom. The number of fused-ring (bicyclic) bond motifs is 2. The molecule has 1 amide bonds. The van der Waals surface area contributed by atoms with Crippen molar-refractivity contribution in [1.29, 1.82) is 5.26 Å². The van der Waals surface area contributed by atoms with Crippen molar-refractivity contribution >= 4 is 29.2 Å².